The van der Waals surface area contributed by atoms with Crippen molar-refractivity contribution in [2.45, 2.75) is 17.8 Å². The second-order valence-corrected chi connectivity index (χ2v) is 5.18. The number of ether oxygens (including phenoxy) is 3. The molecule has 0 aromatic carbocycles. The summed E-state index contributed by atoms with van der Waals surface area (Å²) in [6.07, 6.45) is 1.53. The predicted octanol–water partition coefficient (Wildman–Crippen LogP) is 2.12. The molecule has 1 saturated heterocycles. The lowest BCUT2D eigenvalue weighted by molar-refractivity contribution is 0.0466. The highest BCUT2D eigenvalue weighted by Gasteiger charge is 2.31. The lowest BCUT2D eigenvalue weighted by atomic mass is 10.2. The van der Waals surface area contributed by atoms with E-state index in [4.69, 9.17) is 14.2 Å². The summed E-state index contributed by atoms with van der Waals surface area (Å²) in [7, 11) is 1.64. The van der Waals surface area contributed by atoms with Crippen LogP contribution in [-0.2, 0) is 9.47 Å². The number of nitrogens with zero attached hydrogens (tertiary/aromatic N) is 1. The molecule has 0 aliphatic carbocycles. The van der Waals surface area contributed by atoms with Gasteiger partial charge < -0.3 is 14.2 Å². The van der Waals surface area contributed by atoms with E-state index in [0.717, 1.165) is 12.2 Å². The molecule has 1 aromatic rings. The highest BCUT2D eigenvalue weighted by molar-refractivity contribution is 8.00. The van der Waals surface area contributed by atoms with Gasteiger partial charge in [-0.1, -0.05) is 6.07 Å². The van der Waals surface area contributed by atoms with E-state index in [9.17, 15) is 4.79 Å². The zero-order valence-corrected chi connectivity index (χ0v) is 10.9. The maximum absolute atomic E-state index is 11.6. The van der Waals surface area contributed by atoms with Crippen LogP contribution in [-0.4, -0.2) is 42.0 Å². The minimum atomic E-state index is -0.706. The average Bonchev–Trinajstić information content (AvgIpc) is 2.78. The largest absolute Gasteiger partial charge is 0.515 e. The van der Waals surface area contributed by atoms with E-state index in [1.165, 1.54) is 0 Å². The summed E-state index contributed by atoms with van der Waals surface area (Å²) in [5.74, 6) is 1.21. The molecule has 1 fully saturated rings. The van der Waals surface area contributed by atoms with Gasteiger partial charge in [0.15, 0.2) is 0 Å². The third kappa shape index (κ3) is 3.61. The normalized spacial score (nSPS) is 22.7. The van der Waals surface area contributed by atoms with Gasteiger partial charge in [0.1, 0.15) is 6.10 Å². The van der Waals surface area contributed by atoms with E-state index in [2.05, 4.69) is 4.98 Å². The molecule has 0 radical (unpaired) electrons. The second-order valence-electron chi connectivity index (χ2n) is 3.83. The van der Waals surface area contributed by atoms with Crippen molar-refractivity contribution >= 4 is 17.9 Å². The van der Waals surface area contributed by atoms with Crippen molar-refractivity contribution in [2.24, 2.45) is 0 Å². The van der Waals surface area contributed by atoms with Gasteiger partial charge in [-0.05, 0) is 18.2 Å². The van der Waals surface area contributed by atoms with Gasteiger partial charge >= 0.3 is 6.16 Å². The quantitative estimate of drug-likeness (QED) is 0.780. The smallest absolute Gasteiger partial charge is 0.429 e. The molecule has 2 atom stereocenters. The van der Waals surface area contributed by atoms with Gasteiger partial charge in [-0.3, -0.25) is 0 Å². The fourth-order valence-corrected chi connectivity index (χ4v) is 3.03. The number of carbonyl (C=O) groups is 1. The Labute approximate surface area is 110 Å². The molecule has 0 bridgehead atoms. The van der Waals surface area contributed by atoms with Crippen LogP contribution >= 0.6 is 11.8 Å². The molecule has 0 N–H and O–H groups in total. The van der Waals surface area contributed by atoms with Crippen LogP contribution < -0.4 is 4.74 Å². The van der Waals surface area contributed by atoms with Crippen molar-refractivity contribution in [3.8, 4) is 5.88 Å². The van der Waals surface area contributed by atoms with E-state index in [0.29, 0.717) is 6.61 Å². The first-order valence-electron chi connectivity index (χ1n) is 5.69. The Kier molecular flexibility index (Phi) is 4.83. The lowest BCUT2D eigenvalue weighted by Crippen LogP contribution is -2.29. The molecule has 2 heterocycles. The highest BCUT2D eigenvalue weighted by Crippen LogP contribution is 2.29. The summed E-state index contributed by atoms with van der Waals surface area (Å²) in [6, 6.07) is 5.10. The maximum Gasteiger partial charge on any atom is 0.515 e. The molecule has 0 spiro atoms. The number of hydrogen-bond donors (Lipinski definition) is 0. The Bertz CT molecular complexity index is 387. The zero-order valence-electron chi connectivity index (χ0n) is 10.1. The van der Waals surface area contributed by atoms with Crippen LogP contribution in [0.2, 0.25) is 0 Å². The monoisotopic (exact) mass is 269 g/mol. The molecule has 2 rings (SSSR count). The van der Waals surface area contributed by atoms with E-state index in [1.807, 2.05) is 0 Å². The fourth-order valence-electron chi connectivity index (χ4n) is 1.72. The maximum atomic E-state index is 11.6. The molecule has 6 heteroatoms. The van der Waals surface area contributed by atoms with Crippen molar-refractivity contribution < 1.29 is 19.0 Å². The molecular weight excluding hydrogens is 254 g/mol. The molecular formula is C12H15NO4S. The van der Waals surface area contributed by atoms with E-state index in [-0.39, 0.29) is 17.2 Å². The van der Waals surface area contributed by atoms with Crippen LogP contribution in [0.5, 0.6) is 5.88 Å². The Balaban J connectivity index is 1.84. The van der Waals surface area contributed by atoms with Crippen molar-refractivity contribution in [3.05, 3.63) is 24.4 Å². The summed E-state index contributed by atoms with van der Waals surface area (Å²) in [4.78, 5) is 15.5. The zero-order chi connectivity index (χ0) is 12.8. The summed E-state index contributed by atoms with van der Waals surface area (Å²) in [5, 5.41) is 0.186. The van der Waals surface area contributed by atoms with Crippen molar-refractivity contribution in [1.29, 1.82) is 0 Å². The topological polar surface area (TPSA) is 57.7 Å². The number of carbonyl (C=O) groups excluding carboxylic acids is 1. The number of hydrogen-bond acceptors (Lipinski definition) is 6. The standard InChI is InChI=1S/C12H15NO4S/c1-15-8-10-9(5-7-18-10)16-12(14)17-11-4-2-3-6-13-11/h2-4,6,9-10H,5,7-8H2,1H3/t9-,10-/m0/s1. The molecule has 1 aromatic heterocycles. The van der Waals surface area contributed by atoms with Gasteiger partial charge in [0.25, 0.3) is 0 Å². The average molecular weight is 269 g/mol. The van der Waals surface area contributed by atoms with E-state index < -0.39 is 6.16 Å². The van der Waals surface area contributed by atoms with Crippen LogP contribution in [0.25, 0.3) is 0 Å². The highest BCUT2D eigenvalue weighted by atomic mass is 32.2. The minimum absolute atomic E-state index is 0.147. The van der Waals surface area contributed by atoms with Gasteiger partial charge in [0.2, 0.25) is 5.88 Å². The number of thioether (sulfide) groups is 1. The lowest BCUT2D eigenvalue weighted by Gasteiger charge is -2.17. The first-order chi connectivity index (χ1) is 8.79. The summed E-state index contributed by atoms with van der Waals surface area (Å²) in [6.45, 7) is 0.576. The first-order valence-corrected chi connectivity index (χ1v) is 6.74. The van der Waals surface area contributed by atoms with Crippen LogP contribution in [0.15, 0.2) is 24.4 Å². The Morgan fingerprint density at radius 3 is 3.17 bits per heavy atom. The van der Waals surface area contributed by atoms with Crippen LogP contribution in [0.4, 0.5) is 4.79 Å². The molecule has 0 saturated carbocycles. The van der Waals surface area contributed by atoms with Gasteiger partial charge in [-0.15, -0.1) is 0 Å². The van der Waals surface area contributed by atoms with Crippen LogP contribution in [0.1, 0.15) is 6.42 Å². The van der Waals surface area contributed by atoms with Gasteiger partial charge in [-0.25, -0.2) is 9.78 Å². The molecule has 0 amide bonds. The van der Waals surface area contributed by atoms with Gasteiger partial charge in [-0.2, -0.15) is 11.8 Å². The molecule has 5 nitrogen and oxygen atoms in total. The molecule has 1 aliphatic rings. The Hall–Kier alpha value is -1.27. The summed E-state index contributed by atoms with van der Waals surface area (Å²) < 4.78 is 15.3. The number of pyridine rings is 1. The van der Waals surface area contributed by atoms with Gasteiger partial charge in [0.05, 0.1) is 11.9 Å². The van der Waals surface area contributed by atoms with E-state index in [1.54, 1.807) is 43.3 Å². The summed E-state index contributed by atoms with van der Waals surface area (Å²) in [5.41, 5.74) is 0. The Morgan fingerprint density at radius 1 is 1.56 bits per heavy atom. The SMILES string of the molecule is COC[C@@H]1SCC[C@@H]1OC(=O)Oc1ccccn1. The first kappa shape index (κ1) is 13.2. The number of rotatable bonds is 4. The minimum Gasteiger partial charge on any atom is -0.429 e. The third-order valence-corrected chi connectivity index (χ3v) is 3.89. The fraction of sp³-hybridized carbons (Fsp3) is 0.500. The Morgan fingerprint density at radius 2 is 2.44 bits per heavy atom. The number of aromatic nitrogens is 1. The van der Waals surface area contributed by atoms with E-state index >= 15 is 0 Å². The molecule has 0 unspecified atom stereocenters. The molecule has 98 valence electrons. The van der Waals surface area contributed by atoms with Crippen molar-refractivity contribution in [1.82, 2.24) is 4.98 Å². The molecule has 1 aliphatic heterocycles. The predicted molar refractivity (Wildman–Crippen MR) is 67.9 cm³/mol. The van der Waals surface area contributed by atoms with Gasteiger partial charge in [0, 0.05) is 19.4 Å². The van der Waals surface area contributed by atoms with Crippen LogP contribution in [0.3, 0.4) is 0 Å². The molecule has 18 heavy (non-hydrogen) atoms. The van der Waals surface area contributed by atoms with Crippen molar-refractivity contribution in [2.75, 3.05) is 19.5 Å². The second kappa shape index (κ2) is 6.61. The van der Waals surface area contributed by atoms with Crippen LogP contribution in [0, 0.1) is 0 Å². The summed E-state index contributed by atoms with van der Waals surface area (Å²) >= 11 is 1.75. The number of methoxy groups -OCH3 is 1. The van der Waals surface area contributed by atoms with Crippen molar-refractivity contribution in [3.63, 3.8) is 0 Å². The third-order valence-electron chi connectivity index (χ3n) is 2.55.